The summed E-state index contributed by atoms with van der Waals surface area (Å²) < 4.78 is 11.8. The zero-order chi connectivity index (χ0) is 12.8. The molecule has 0 atom stereocenters. The van der Waals surface area contributed by atoms with Crippen molar-refractivity contribution in [3.8, 4) is 12.0 Å². The standard InChI is InChI=1S/C9H13N7O2/c1-2-17-3-4-18-9-14-7(10)13-8(15-9)16-6-11-5-12-16/h5-6H,2-4H2,1H3,(H2,10,13,14,15). The van der Waals surface area contributed by atoms with Crippen molar-refractivity contribution >= 4 is 5.95 Å². The number of rotatable bonds is 6. The molecule has 9 nitrogen and oxygen atoms in total. The van der Waals surface area contributed by atoms with Crippen LogP contribution in [-0.4, -0.2) is 49.5 Å². The molecule has 0 amide bonds. The summed E-state index contributed by atoms with van der Waals surface area (Å²) in [5, 5.41) is 3.90. The van der Waals surface area contributed by atoms with Gasteiger partial charge < -0.3 is 15.2 Å². The average Bonchev–Trinajstić information content (AvgIpc) is 2.88. The fourth-order valence-corrected chi connectivity index (χ4v) is 1.18. The second-order valence-electron chi connectivity index (χ2n) is 3.16. The van der Waals surface area contributed by atoms with Crippen LogP contribution in [0.4, 0.5) is 5.95 Å². The van der Waals surface area contributed by atoms with Crippen molar-refractivity contribution in [3.05, 3.63) is 12.7 Å². The molecule has 2 N–H and O–H groups in total. The number of hydrogen-bond donors (Lipinski definition) is 1. The molecule has 0 saturated heterocycles. The van der Waals surface area contributed by atoms with E-state index >= 15 is 0 Å². The summed E-state index contributed by atoms with van der Waals surface area (Å²) >= 11 is 0. The lowest BCUT2D eigenvalue weighted by molar-refractivity contribution is 0.106. The fraction of sp³-hybridized carbons (Fsp3) is 0.444. The molecular formula is C9H13N7O2. The third-order valence-electron chi connectivity index (χ3n) is 1.91. The predicted octanol–water partition coefficient (Wildman–Crippen LogP) is -0.550. The van der Waals surface area contributed by atoms with Crippen molar-refractivity contribution in [1.82, 2.24) is 29.7 Å². The second-order valence-corrected chi connectivity index (χ2v) is 3.16. The van der Waals surface area contributed by atoms with E-state index in [1.807, 2.05) is 6.92 Å². The molecule has 0 unspecified atom stereocenters. The molecule has 2 heterocycles. The molecule has 0 aliphatic carbocycles. The molecular weight excluding hydrogens is 238 g/mol. The first-order chi connectivity index (χ1) is 8.79. The molecule has 96 valence electrons. The van der Waals surface area contributed by atoms with Gasteiger partial charge in [-0.3, -0.25) is 0 Å². The molecule has 0 radical (unpaired) electrons. The largest absolute Gasteiger partial charge is 0.461 e. The Hall–Kier alpha value is -2.29. The van der Waals surface area contributed by atoms with E-state index in [4.69, 9.17) is 15.2 Å². The minimum absolute atomic E-state index is 0.0573. The Balaban J connectivity index is 2.07. The van der Waals surface area contributed by atoms with E-state index in [1.54, 1.807) is 0 Å². The van der Waals surface area contributed by atoms with Gasteiger partial charge >= 0.3 is 6.01 Å². The van der Waals surface area contributed by atoms with Crippen molar-refractivity contribution in [1.29, 1.82) is 0 Å². The monoisotopic (exact) mass is 251 g/mol. The Morgan fingerprint density at radius 1 is 1.28 bits per heavy atom. The van der Waals surface area contributed by atoms with Crippen molar-refractivity contribution in [2.75, 3.05) is 25.6 Å². The molecule has 9 heteroatoms. The molecule has 0 bridgehead atoms. The van der Waals surface area contributed by atoms with Crippen LogP contribution in [-0.2, 0) is 4.74 Å². The quantitative estimate of drug-likeness (QED) is 0.680. The number of aromatic nitrogens is 6. The van der Waals surface area contributed by atoms with Gasteiger partial charge in [0.05, 0.1) is 6.61 Å². The Morgan fingerprint density at radius 2 is 2.17 bits per heavy atom. The third-order valence-corrected chi connectivity index (χ3v) is 1.91. The van der Waals surface area contributed by atoms with E-state index in [1.165, 1.54) is 17.3 Å². The lowest BCUT2D eigenvalue weighted by Crippen LogP contribution is -2.12. The van der Waals surface area contributed by atoms with E-state index in [-0.39, 0.29) is 17.9 Å². The van der Waals surface area contributed by atoms with E-state index in [0.717, 1.165) is 0 Å². The number of hydrogen-bond acceptors (Lipinski definition) is 8. The van der Waals surface area contributed by atoms with Crippen LogP contribution in [0.15, 0.2) is 12.7 Å². The summed E-state index contributed by atoms with van der Waals surface area (Å²) in [7, 11) is 0. The van der Waals surface area contributed by atoms with Crippen LogP contribution in [0.25, 0.3) is 5.95 Å². The molecule has 0 aromatic carbocycles. The zero-order valence-electron chi connectivity index (χ0n) is 9.85. The van der Waals surface area contributed by atoms with Gasteiger partial charge in [-0.15, -0.1) is 0 Å². The smallest absolute Gasteiger partial charge is 0.323 e. The van der Waals surface area contributed by atoms with Gasteiger partial charge in [0.2, 0.25) is 5.95 Å². The zero-order valence-corrected chi connectivity index (χ0v) is 9.85. The molecule has 0 saturated carbocycles. The number of anilines is 1. The van der Waals surface area contributed by atoms with Gasteiger partial charge in [0, 0.05) is 6.61 Å². The van der Waals surface area contributed by atoms with Crippen LogP contribution in [0.5, 0.6) is 6.01 Å². The maximum atomic E-state index is 5.56. The lowest BCUT2D eigenvalue weighted by atomic mass is 10.7. The Bertz CT molecular complexity index is 488. The summed E-state index contributed by atoms with van der Waals surface area (Å²) in [6, 6.07) is 0.132. The first-order valence-corrected chi connectivity index (χ1v) is 5.36. The Morgan fingerprint density at radius 3 is 2.89 bits per heavy atom. The maximum Gasteiger partial charge on any atom is 0.323 e. The Kier molecular flexibility index (Phi) is 3.97. The van der Waals surface area contributed by atoms with E-state index < -0.39 is 0 Å². The Labute approximate surface area is 103 Å². The van der Waals surface area contributed by atoms with E-state index in [9.17, 15) is 0 Å². The number of ether oxygens (including phenoxy) is 2. The van der Waals surface area contributed by atoms with Crippen LogP contribution in [0.1, 0.15) is 6.92 Å². The van der Waals surface area contributed by atoms with Gasteiger partial charge in [-0.2, -0.15) is 24.7 Å². The molecule has 2 rings (SSSR count). The number of nitrogen functional groups attached to an aromatic ring is 1. The van der Waals surface area contributed by atoms with Gasteiger partial charge in [0.25, 0.3) is 5.95 Å². The normalized spacial score (nSPS) is 10.5. The molecule has 18 heavy (non-hydrogen) atoms. The topological polar surface area (TPSA) is 114 Å². The van der Waals surface area contributed by atoms with Crippen molar-refractivity contribution in [2.45, 2.75) is 6.92 Å². The average molecular weight is 251 g/mol. The van der Waals surface area contributed by atoms with Gasteiger partial charge in [-0.1, -0.05) is 0 Å². The van der Waals surface area contributed by atoms with Crippen LogP contribution < -0.4 is 10.5 Å². The van der Waals surface area contributed by atoms with Gasteiger partial charge in [-0.25, -0.2) is 4.98 Å². The summed E-state index contributed by atoms with van der Waals surface area (Å²) in [4.78, 5) is 15.6. The van der Waals surface area contributed by atoms with Gasteiger partial charge in [0.1, 0.15) is 19.3 Å². The molecule has 2 aromatic rings. The highest BCUT2D eigenvalue weighted by atomic mass is 16.5. The molecule has 0 aliphatic heterocycles. The highest BCUT2D eigenvalue weighted by Crippen LogP contribution is 2.07. The highest BCUT2D eigenvalue weighted by molar-refractivity contribution is 5.23. The van der Waals surface area contributed by atoms with Crippen molar-refractivity contribution in [3.63, 3.8) is 0 Å². The van der Waals surface area contributed by atoms with Crippen LogP contribution in [0.2, 0.25) is 0 Å². The minimum Gasteiger partial charge on any atom is -0.461 e. The molecule has 0 aliphatic rings. The van der Waals surface area contributed by atoms with E-state index in [0.29, 0.717) is 19.8 Å². The first-order valence-electron chi connectivity index (χ1n) is 5.36. The van der Waals surface area contributed by atoms with Gasteiger partial charge in [-0.05, 0) is 6.92 Å². The second kappa shape index (κ2) is 5.87. The SMILES string of the molecule is CCOCCOc1nc(N)nc(-n2cncn2)n1. The summed E-state index contributed by atoms with van der Waals surface area (Å²) in [5.74, 6) is 0.313. The predicted molar refractivity (Wildman–Crippen MR) is 61.1 cm³/mol. The van der Waals surface area contributed by atoms with Crippen LogP contribution >= 0.6 is 0 Å². The maximum absolute atomic E-state index is 5.56. The molecule has 0 spiro atoms. The highest BCUT2D eigenvalue weighted by Gasteiger charge is 2.07. The van der Waals surface area contributed by atoms with Crippen LogP contribution in [0, 0.1) is 0 Å². The lowest BCUT2D eigenvalue weighted by Gasteiger charge is -2.06. The third kappa shape index (κ3) is 3.10. The van der Waals surface area contributed by atoms with Gasteiger partial charge in [0.15, 0.2) is 0 Å². The minimum atomic E-state index is 0.0573. The van der Waals surface area contributed by atoms with Crippen molar-refractivity contribution in [2.24, 2.45) is 0 Å². The van der Waals surface area contributed by atoms with Crippen LogP contribution in [0.3, 0.4) is 0 Å². The number of nitrogens with zero attached hydrogens (tertiary/aromatic N) is 6. The fourth-order valence-electron chi connectivity index (χ4n) is 1.18. The van der Waals surface area contributed by atoms with E-state index in [2.05, 4.69) is 25.0 Å². The summed E-state index contributed by atoms with van der Waals surface area (Å²) in [6.07, 6.45) is 2.83. The summed E-state index contributed by atoms with van der Waals surface area (Å²) in [5.41, 5.74) is 5.56. The summed E-state index contributed by atoms with van der Waals surface area (Å²) in [6.45, 7) is 3.34. The first kappa shape index (κ1) is 12.2. The van der Waals surface area contributed by atoms with Crippen molar-refractivity contribution < 1.29 is 9.47 Å². The molecule has 2 aromatic heterocycles. The molecule has 0 fully saturated rings. The number of nitrogens with two attached hydrogens (primary N) is 1.